The van der Waals surface area contributed by atoms with E-state index in [4.69, 9.17) is 9.47 Å². The van der Waals surface area contributed by atoms with Crippen molar-refractivity contribution in [3.8, 4) is 11.5 Å². The Hall–Kier alpha value is -4.12. The predicted molar refractivity (Wildman–Crippen MR) is 155 cm³/mol. The van der Waals surface area contributed by atoms with E-state index in [1.165, 1.54) is 61.6 Å². The molecular weight excluding hydrogens is 549 g/mol. The Morgan fingerprint density at radius 3 is 2.12 bits per heavy atom. The monoisotopic (exact) mass is 585 g/mol. The van der Waals surface area contributed by atoms with Gasteiger partial charge in [-0.05, 0) is 62.2 Å². The van der Waals surface area contributed by atoms with Crippen LogP contribution in [-0.4, -0.2) is 58.5 Å². The van der Waals surface area contributed by atoms with Gasteiger partial charge in [0.15, 0.2) is 11.5 Å². The number of hydrogen-bond acceptors (Lipinski definition) is 6. The Kier molecular flexibility index (Phi) is 10.7. The molecule has 0 fully saturated rings. The number of anilines is 1. The highest BCUT2D eigenvalue weighted by atomic mass is 32.2. The fraction of sp³-hybridized carbons (Fsp3) is 0.333. The average Bonchev–Trinajstić information content (AvgIpc) is 2.96. The number of carbonyl (C=O) groups excluding carboxylic acids is 2. The third-order valence-corrected chi connectivity index (χ3v) is 8.32. The smallest absolute Gasteiger partial charge is 0.264 e. The largest absolute Gasteiger partial charge is 0.493 e. The van der Waals surface area contributed by atoms with E-state index < -0.39 is 34.3 Å². The normalized spacial score (nSPS) is 11.9. The molecule has 3 aromatic rings. The van der Waals surface area contributed by atoms with Crippen LogP contribution in [0.2, 0.25) is 0 Å². The molecule has 0 saturated heterocycles. The third-order valence-electron chi connectivity index (χ3n) is 6.55. The quantitative estimate of drug-likeness (QED) is 0.321. The van der Waals surface area contributed by atoms with Crippen LogP contribution in [-0.2, 0) is 26.2 Å². The molecule has 0 heterocycles. The molecule has 0 bridgehead atoms. The zero-order valence-corrected chi connectivity index (χ0v) is 24.7. The van der Waals surface area contributed by atoms with Crippen molar-refractivity contribution in [1.82, 2.24) is 10.2 Å². The summed E-state index contributed by atoms with van der Waals surface area (Å²) in [6, 6.07) is 15.6. The van der Waals surface area contributed by atoms with Crippen LogP contribution in [0.4, 0.5) is 10.1 Å². The number of carbonyl (C=O) groups is 2. The number of ether oxygens (including phenoxy) is 2. The van der Waals surface area contributed by atoms with Gasteiger partial charge in [-0.2, -0.15) is 0 Å². The van der Waals surface area contributed by atoms with Gasteiger partial charge in [-0.25, -0.2) is 12.8 Å². The molecule has 1 N–H and O–H groups in total. The zero-order valence-electron chi connectivity index (χ0n) is 23.9. The molecule has 0 aliphatic rings. The van der Waals surface area contributed by atoms with Crippen molar-refractivity contribution >= 4 is 27.5 Å². The minimum atomic E-state index is -4.29. The average molecular weight is 586 g/mol. The number of nitrogens with zero attached hydrogens (tertiary/aromatic N) is 2. The molecule has 1 atom stereocenters. The number of sulfonamides is 1. The van der Waals surface area contributed by atoms with E-state index in [9.17, 15) is 22.4 Å². The molecule has 220 valence electrons. The fourth-order valence-corrected chi connectivity index (χ4v) is 5.77. The van der Waals surface area contributed by atoms with Crippen LogP contribution in [0.3, 0.4) is 0 Å². The van der Waals surface area contributed by atoms with Crippen LogP contribution >= 0.6 is 0 Å². The number of aryl methyl sites for hydroxylation is 1. The summed E-state index contributed by atoms with van der Waals surface area (Å²) in [4.78, 5) is 28.2. The summed E-state index contributed by atoms with van der Waals surface area (Å²) in [7, 11) is -1.45. The Bertz CT molecular complexity index is 1450. The summed E-state index contributed by atoms with van der Waals surface area (Å²) in [5.74, 6) is -0.840. The van der Waals surface area contributed by atoms with E-state index in [1.807, 2.05) is 6.92 Å². The molecular formula is C30H36FN3O6S. The van der Waals surface area contributed by atoms with Crippen molar-refractivity contribution in [2.45, 2.75) is 44.7 Å². The highest BCUT2D eigenvalue weighted by molar-refractivity contribution is 7.92. The first-order valence-electron chi connectivity index (χ1n) is 13.2. The number of hydrogen-bond donors (Lipinski definition) is 1. The van der Waals surface area contributed by atoms with Crippen LogP contribution < -0.4 is 19.1 Å². The minimum Gasteiger partial charge on any atom is -0.493 e. The summed E-state index contributed by atoms with van der Waals surface area (Å²) in [6.07, 6.45) is 0.283. The van der Waals surface area contributed by atoms with E-state index >= 15 is 0 Å². The Morgan fingerprint density at radius 1 is 0.927 bits per heavy atom. The van der Waals surface area contributed by atoms with E-state index in [2.05, 4.69) is 5.32 Å². The van der Waals surface area contributed by atoms with Crippen LogP contribution in [0.25, 0.3) is 0 Å². The van der Waals surface area contributed by atoms with Crippen LogP contribution in [0.5, 0.6) is 11.5 Å². The molecule has 9 nitrogen and oxygen atoms in total. The van der Waals surface area contributed by atoms with Gasteiger partial charge in [-0.15, -0.1) is 0 Å². The van der Waals surface area contributed by atoms with Crippen molar-refractivity contribution in [3.05, 3.63) is 83.7 Å². The first-order chi connectivity index (χ1) is 19.5. The van der Waals surface area contributed by atoms with Gasteiger partial charge in [0.2, 0.25) is 11.8 Å². The molecule has 0 aromatic heterocycles. The number of methoxy groups -OCH3 is 2. The van der Waals surface area contributed by atoms with Crippen LogP contribution in [0.15, 0.2) is 71.6 Å². The minimum absolute atomic E-state index is 0.0209. The van der Waals surface area contributed by atoms with Gasteiger partial charge >= 0.3 is 0 Å². The maximum Gasteiger partial charge on any atom is 0.264 e. The molecule has 3 rings (SSSR count). The molecule has 11 heteroatoms. The van der Waals surface area contributed by atoms with E-state index in [1.54, 1.807) is 38.1 Å². The number of halogens is 1. The lowest BCUT2D eigenvalue weighted by Crippen LogP contribution is -2.52. The highest BCUT2D eigenvalue weighted by Gasteiger charge is 2.34. The zero-order chi connectivity index (χ0) is 30.2. The third kappa shape index (κ3) is 7.55. The standard InChI is InChI=1S/C30H36FN3O6S/c1-6-26(30(36)32-7-2)33(19-22-10-12-23(31)13-11-22)29(35)20-34(24-14-8-21(3)9-15-24)41(37,38)25-16-17-27(39-4)28(18-25)40-5/h8-18,26H,6-7,19-20H2,1-5H3,(H,32,36)/t26-/m0/s1. The summed E-state index contributed by atoms with van der Waals surface area (Å²) < 4.78 is 53.3. The summed E-state index contributed by atoms with van der Waals surface area (Å²) in [6.45, 7) is 5.15. The van der Waals surface area contributed by atoms with Gasteiger partial charge in [0.1, 0.15) is 18.4 Å². The molecule has 0 radical (unpaired) electrons. The molecule has 0 saturated carbocycles. The Morgan fingerprint density at radius 2 is 1.56 bits per heavy atom. The maximum atomic E-state index is 14.1. The van der Waals surface area contributed by atoms with Gasteiger partial charge in [-0.3, -0.25) is 13.9 Å². The SMILES string of the molecule is CCNC(=O)[C@H](CC)N(Cc1ccc(F)cc1)C(=O)CN(c1ccc(C)cc1)S(=O)(=O)c1ccc(OC)c(OC)c1. The lowest BCUT2D eigenvalue weighted by molar-refractivity contribution is -0.140. The summed E-state index contributed by atoms with van der Waals surface area (Å²) >= 11 is 0. The Labute approximate surface area is 240 Å². The van der Waals surface area contributed by atoms with Gasteiger partial charge in [0.05, 0.1) is 24.8 Å². The topological polar surface area (TPSA) is 105 Å². The predicted octanol–water partition coefficient (Wildman–Crippen LogP) is 4.29. The summed E-state index contributed by atoms with van der Waals surface area (Å²) in [5.41, 5.74) is 1.77. The first kappa shape index (κ1) is 31.4. The highest BCUT2D eigenvalue weighted by Crippen LogP contribution is 2.32. The lowest BCUT2D eigenvalue weighted by Gasteiger charge is -2.33. The number of rotatable bonds is 13. The second-order valence-electron chi connectivity index (χ2n) is 9.33. The number of benzene rings is 3. The van der Waals surface area contributed by atoms with Crippen molar-refractivity contribution in [2.75, 3.05) is 31.6 Å². The maximum absolute atomic E-state index is 14.1. The lowest BCUT2D eigenvalue weighted by atomic mass is 10.1. The fourth-order valence-electron chi connectivity index (χ4n) is 4.34. The van der Waals surface area contributed by atoms with E-state index in [-0.39, 0.29) is 35.2 Å². The molecule has 41 heavy (non-hydrogen) atoms. The Balaban J connectivity index is 2.09. The molecule has 0 aliphatic heterocycles. The molecule has 2 amide bonds. The second-order valence-corrected chi connectivity index (χ2v) is 11.2. The number of nitrogens with one attached hydrogen (secondary N) is 1. The van der Waals surface area contributed by atoms with Gasteiger partial charge in [-0.1, -0.05) is 36.8 Å². The number of likely N-dealkylation sites (N-methyl/N-ethyl adjacent to an activating group) is 1. The van der Waals surface area contributed by atoms with Crippen molar-refractivity contribution in [3.63, 3.8) is 0 Å². The molecule has 3 aromatic carbocycles. The van der Waals surface area contributed by atoms with Gasteiger partial charge < -0.3 is 19.7 Å². The first-order valence-corrected chi connectivity index (χ1v) is 14.6. The van der Waals surface area contributed by atoms with E-state index in [0.29, 0.717) is 17.9 Å². The molecule has 0 unspecified atom stereocenters. The van der Waals surface area contributed by atoms with Crippen LogP contribution in [0.1, 0.15) is 31.4 Å². The number of amides is 2. The van der Waals surface area contributed by atoms with Crippen molar-refractivity contribution in [2.24, 2.45) is 0 Å². The van der Waals surface area contributed by atoms with Crippen molar-refractivity contribution < 1.29 is 31.9 Å². The van der Waals surface area contributed by atoms with Crippen LogP contribution in [0, 0.1) is 12.7 Å². The second kappa shape index (κ2) is 14.0. The van der Waals surface area contributed by atoms with E-state index in [0.717, 1.165) is 9.87 Å². The molecule has 0 spiro atoms. The van der Waals surface area contributed by atoms with Gasteiger partial charge in [0, 0.05) is 19.2 Å². The van der Waals surface area contributed by atoms with Crippen molar-refractivity contribution in [1.29, 1.82) is 0 Å². The van der Waals surface area contributed by atoms with Gasteiger partial charge in [0.25, 0.3) is 10.0 Å². The molecule has 0 aliphatic carbocycles. The summed E-state index contributed by atoms with van der Waals surface area (Å²) in [5, 5.41) is 2.75.